The first kappa shape index (κ1) is 22.2. The van der Waals surface area contributed by atoms with E-state index in [-0.39, 0.29) is 17.7 Å². The summed E-state index contributed by atoms with van der Waals surface area (Å²) in [6.07, 6.45) is 1.59. The van der Waals surface area contributed by atoms with Gasteiger partial charge in [-0.05, 0) is 32.8 Å². The highest BCUT2D eigenvalue weighted by Crippen LogP contribution is 2.33. The number of aryl methyl sites for hydroxylation is 1. The minimum Gasteiger partial charge on any atom is -0.373 e. The van der Waals surface area contributed by atoms with Gasteiger partial charge in [-0.25, -0.2) is 9.97 Å². The van der Waals surface area contributed by atoms with E-state index in [1.807, 2.05) is 30.7 Å². The highest BCUT2D eigenvalue weighted by atomic mass is 16.2. The molecule has 170 valence electrons. The molecule has 32 heavy (non-hydrogen) atoms. The Morgan fingerprint density at radius 2 is 1.81 bits per heavy atom. The fourth-order valence-electron chi connectivity index (χ4n) is 4.74. The molecule has 0 saturated carbocycles. The van der Waals surface area contributed by atoms with E-state index >= 15 is 0 Å². The standard InChI is InChI=1S/C25H33N5O2/c1-16-6-8-19(9-7-16)25(3,4)24(32)30-12-10-18(14-30)22-27-21-11-13-29(17(2)31)15-20(21)23(26-5)28-22/h6-9,18H,10-15H2,1-5H3,(H,26,27,28). The minimum absolute atomic E-state index is 0.0721. The Bertz CT molecular complexity index is 1010. The number of likely N-dealkylation sites (tertiary alicyclic amines) is 1. The summed E-state index contributed by atoms with van der Waals surface area (Å²) >= 11 is 0. The summed E-state index contributed by atoms with van der Waals surface area (Å²) in [5.41, 5.74) is 3.67. The van der Waals surface area contributed by atoms with Gasteiger partial charge in [0.15, 0.2) is 0 Å². The smallest absolute Gasteiger partial charge is 0.232 e. The van der Waals surface area contributed by atoms with Crippen LogP contribution in [0.3, 0.4) is 0 Å². The zero-order valence-corrected chi connectivity index (χ0v) is 19.7. The van der Waals surface area contributed by atoms with Crippen LogP contribution in [-0.4, -0.2) is 58.3 Å². The molecule has 2 amide bonds. The summed E-state index contributed by atoms with van der Waals surface area (Å²) in [7, 11) is 1.85. The van der Waals surface area contributed by atoms with E-state index in [2.05, 4.69) is 36.5 Å². The molecule has 1 aromatic carbocycles. The van der Waals surface area contributed by atoms with Crippen molar-refractivity contribution in [1.29, 1.82) is 0 Å². The molecule has 4 rings (SSSR count). The average molecular weight is 436 g/mol. The summed E-state index contributed by atoms with van der Waals surface area (Å²) < 4.78 is 0. The van der Waals surface area contributed by atoms with E-state index in [1.165, 1.54) is 5.56 Å². The van der Waals surface area contributed by atoms with Gasteiger partial charge < -0.3 is 15.1 Å². The van der Waals surface area contributed by atoms with Crippen LogP contribution >= 0.6 is 0 Å². The number of rotatable bonds is 4. The molecule has 2 aliphatic rings. The predicted molar refractivity (Wildman–Crippen MR) is 125 cm³/mol. The predicted octanol–water partition coefficient (Wildman–Crippen LogP) is 3.03. The van der Waals surface area contributed by atoms with Crippen molar-refractivity contribution in [3.63, 3.8) is 0 Å². The van der Waals surface area contributed by atoms with Gasteiger partial charge in [-0.1, -0.05) is 29.8 Å². The van der Waals surface area contributed by atoms with E-state index in [1.54, 1.807) is 6.92 Å². The van der Waals surface area contributed by atoms with Gasteiger partial charge in [0.05, 0.1) is 17.7 Å². The van der Waals surface area contributed by atoms with E-state index in [0.29, 0.717) is 26.2 Å². The summed E-state index contributed by atoms with van der Waals surface area (Å²) in [6.45, 7) is 10.2. The SMILES string of the molecule is CNc1nc(C2CCN(C(=O)C(C)(C)c3ccc(C)cc3)C2)nc2c1CN(C(C)=O)CC2. The Labute approximate surface area is 190 Å². The van der Waals surface area contributed by atoms with Crippen molar-refractivity contribution in [2.24, 2.45) is 0 Å². The van der Waals surface area contributed by atoms with Gasteiger partial charge >= 0.3 is 0 Å². The topological polar surface area (TPSA) is 78.4 Å². The van der Waals surface area contributed by atoms with Crippen LogP contribution in [0.15, 0.2) is 24.3 Å². The van der Waals surface area contributed by atoms with Crippen LogP contribution in [0, 0.1) is 6.92 Å². The second-order valence-electron chi connectivity index (χ2n) is 9.52. The van der Waals surface area contributed by atoms with Crippen molar-refractivity contribution >= 4 is 17.6 Å². The molecule has 1 fully saturated rings. The number of fused-ring (bicyclic) bond motifs is 1. The number of amides is 2. The van der Waals surface area contributed by atoms with E-state index < -0.39 is 5.41 Å². The number of carbonyl (C=O) groups excluding carboxylic acids is 2. The lowest BCUT2D eigenvalue weighted by Gasteiger charge is -2.30. The zero-order chi connectivity index (χ0) is 23.0. The molecule has 2 aliphatic heterocycles. The van der Waals surface area contributed by atoms with Crippen LogP contribution in [0.2, 0.25) is 0 Å². The highest BCUT2D eigenvalue weighted by Gasteiger charge is 2.38. The van der Waals surface area contributed by atoms with Crippen molar-refractivity contribution in [2.45, 2.75) is 58.4 Å². The number of benzene rings is 1. The molecule has 0 radical (unpaired) electrons. The fraction of sp³-hybridized carbons (Fsp3) is 0.520. The number of hydrogen-bond acceptors (Lipinski definition) is 5. The lowest BCUT2D eigenvalue weighted by atomic mass is 9.83. The quantitative estimate of drug-likeness (QED) is 0.799. The van der Waals surface area contributed by atoms with Gasteiger partial charge in [-0.3, -0.25) is 9.59 Å². The van der Waals surface area contributed by atoms with Gasteiger partial charge in [0.2, 0.25) is 11.8 Å². The molecule has 3 heterocycles. The second kappa shape index (κ2) is 8.52. The van der Waals surface area contributed by atoms with E-state index in [4.69, 9.17) is 9.97 Å². The summed E-state index contributed by atoms with van der Waals surface area (Å²) in [5.74, 6) is 1.93. The monoisotopic (exact) mass is 435 g/mol. The molecule has 7 nitrogen and oxygen atoms in total. The van der Waals surface area contributed by atoms with Gasteiger partial charge in [-0.15, -0.1) is 0 Å². The Morgan fingerprint density at radius 3 is 2.47 bits per heavy atom. The van der Waals surface area contributed by atoms with Gasteiger partial charge in [0.25, 0.3) is 0 Å². The number of nitrogens with one attached hydrogen (secondary N) is 1. The first-order chi connectivity index (χ1) is 15.2. The lowest BCUT2D eigenvalue weighted by Crippen LogP contribution is -2.42. The molecule has 0 spiro atoms. The van der Waals surface area contributed by atoms with Crippen molar-refractivity contribution in [3.8, 4) is 0 Å². The number of carbonyl (C=O) groups is 2. The maximum absolute atomic E-state index is 13.4. The largest absolute Gasteiger partial charge is 0.373 e. The molecular weight excluding hydrogens is 402 g/mol. The molecule has 1 atom stereocenters. The maximum Gasteiger partial charge on any atom is 0.232 e. The number of hydrogen-bond donors (Lipinski definition) is 1. The van der Waals surface area contributed by atoms with Crippen LogP contribution in [0.4, 0.5) is 5.82 Å². The maximum atomic E-state index is 13.4. The normalized spacial score (nSPS) is 18.5. The van der Waals surface area contributed by atoms with Gasteiger partial charge in [0, 0.05) is 51.5 Å². The lowest BCUT2D eigenvalue weighted by molar-refractivity contribution is -0.135. The number of anilines is 1. The average Bonchev–Trinajstić information content (AvgIpc) is 3.27. The zero-order valence-electron chi connectivity index (χ0n) is 19.7. The first-order valence-corrected chi connectivity index (χ1v) is 11.4. The van der Waals surface area contributed by atoms with Crippen molar-refractivity contribution < 1.29 is 9.59 Å². The fourth-order valence-corrected chi connectivity index (χ4v) is 4.74. The van der Waals surface area contributed by atoms with Gasteiger partial charge in [0.1, 0.15) is 11.6 Å². The Kier molecular flexibility index (Phi) is 5.93. The summed E-state index contributed by atoms with van der Waals surface area (Å²) in [5, 5.41) is 3.19. The molecule has 1 unspecified atom stereocenters. The molecule has 0 bridgehead atoms. The highest BCUT2D eigenvalue weighted by molar-refractivity contribution is 5.87. The third-order valence-electron chi connectivity index (χ3n) is 6.91. The van der Waals surface area contributed by atoms with E-state index in [9.17, 15) is 9.59 Å². The third-order valence-corrected chi connectivity index (χ3v) is 6.91. The minimum atomic E-state index is -0.578. The van der Waals surface area contributed by atoms with Crippen LogP contribution in [0.1, 0.15) is 61.3 Å². The van der Waals surface area contributed by atoms with Crippen LogP contribution in [0.25, 0.3) is 0 Å². The van der Waals surface area contributed by atoms with Crippen LogP contribution in [0.5, 0.6) is 0 Å². The first-order valence-electron chi connectivity index (χ1n) is 11.4. The van der Waals surface area contributed by atoms with Crippen LogP contribution in [-0.2, 0) is 28.0 Å². The number of nitrogens with zero attached hydrogens (tertiary/aromatic N) is 4. The summed E-state index contributed by atoms with van der Waals surface area (Å²) in [4.78, 5) is 38.7. The van der Waals surface area contributed by atoms with Crippen LogP contribution < -0.4 is 5.32 Å². The molecular formula is C25H33N5O2. The molecule has 0 aliphatic carbocycles. The third kappa shape index (κ3) is 4.08. The second-order valence-corrected chi connectivity index (χ2v) is 9.52. The van der Waals surface area contributed by atoms with Crippen molar-refractivity contribution in [3.05, 3.63) is 52.5 Å². The Hall–Kier alpha value is -2.96. The van der Waals surface area contributed by atoms with Crippen molar-refractivity contribution in [1.82, 2.24) is 19.8 Å². The Balaban J connectivity index is 1.53. The molecule has 1 saturated heterocycles. The van der Waals surface area contributed by atoms with Crippen molar-refractivity contribution in [2.75, 3.05) is 32.0 Å². The number of aromatic nitrogens is 2. The Morgan fingerprint density at radius 1 is 1.09 bits per heavy atom. The molecule has 2 aromatic rings. The summed E-state index contributed by atoms with van der Waals surface area (Å²) in [6, 6.07) is 8.23. The molecule has 1 aromatic heterocycles. The molecule has 1 N–H and O–H groups in total. The van der Waals surface area contributed by atoms with Gasteiger partial charge in [-0.2, -0.15) is 0 Å². The van der Waals surface area contributed by atoms with E-state index in [0.717, 1.165) is 41.3 Å². The molecule has 7 heteroatoms.